The summed E-state index contributed by atoms with van der Waals surface area (Å²) in [6.45, 7) is -0.403. The van der Waals surface area contributed by atoms with Gasteiger partial charge in [0.15, 0.2) is 0 Å². The highest BCUT2D eigenvalue weighted by Gasteiger charge is 2.33. The molecule has 0 saturated heterocycles. The second-order valence-corrected chi connectivity index (χ2v) is 3.07. The van der Waals surface area contributed by atoms with E-state index in [1.165, 1.54) is 12.1 Å². The van der Waals surface area contributed by atoms with Crippen LogP contribution in [0.1, 0.15) is 12.0 Å². The molecule has 0 aliphatic heterocycles. The zero-order valence-electron chi connectivity index (χ0n) is 8.21. The molecule has 3 nitrogen and oxygen atoms in total. The van der Waals surface area contributed by atoms with Gasteiger partial charge in [0.05, 0.1) is 24.3 Å². The summed E-state index contributed by atoms with van der Waals surface area (Å²) in [6.07, 6.45) is -4.74. The lowest BCUT2D eigenvalue weighted by Crippen LogP contribution is -2.17. The molecule has 6 heteroatoms. The van der Waals surface area contributed by atoms with Gasteiger partial charge in [-0.1, -0.05) is 12.1 Å². The molecule has 0 aliphatic carbocycles. The molecular weight excluding hydrogens is 223 g/mol. The first-order valence-corrected chi connectivity index (χ1v) is 4.52. The summed E-state index contributed by atoms with van der Waals surface area (Å²) in [4.78, 5) is 11.1. The van der Waals surface area contributed by atoms with E-state index in [0.29, 0.717) is 0 Å². The van der Waals surface area contributed by atoms with Crippen molar-refractivity contribution in [3.8, 4) is 0 Å². The monoisotopic (exact) mass is 233 g/mol. The van der Waals surface area contributed by atoms with Crippen molar-refractivity contribution >= 4 is 11.6 Å². The number of hydrogen-bond donors (Lipinski definition) is 2. The number of nitrogens with one attached hydrogen (secondary N) is 1. The van der Waals surface area contributed by atoms with Gasteiger partial charge in [-0.2, -0.15) is 13.2 Å². The van der Waals surface area contributed by atoms with Gasteiger partial charge in [-0.15, -0.1) is 0 Å². The van der Waals surface area contributed by atoms with Crippen LogP contribution >= 0.6 is 0 Å². The first kappa shape index (κ1) is 12.5. The Hall–Kier alpha value is -1.56. The minimum atomic E-state index is -4.51. The smallest absolute Gasteiger partial charge is 0.396 e. The summed E-state index contributed by atoms with van der Waals surface area (Å²) < 4.78 is 37.5. The Bertz CT molecular complexity index is 377. The number of aliphatic hydroxyl groups is 1. The Morgan fingerprint density at radius 3 is 2.50 bits per heavy atom. The van der Waals surface area contributed by atoms with Crippen molar-refractivity contribution < 1.29 is 23.1 Å². The minimum absolute atomic E-state index is 0.230. The average molecular weight is 233 g/mol. The number of rotatable bonds is 3. The molecular formula is C10H10F3NO2. The van der Waals surface area contributed by atoms with E-state index in [2.05, 4.69) is 5.32 Å². The van der Waals surface area contributed by atoms with E-state index in [1.807, 2.05) is 0 Å². The highest BCUT2D eigenvalue weighted by atomic mass is 19.4. The Kier molecular flexibility index (Phi) is 3.89. The Labute approximate surface area is 89.9 Å². The van der Waals surface area contributed by atoms with E-state index in [4.69, 9.17) is 5.11 Å². The molecule has 0 saturated carbocycles. The number of amides is 1. The first-order valence-electron chi connectivity index (χ1n) is 4.52. The Balaban J connectivity index is 2.92. The lowest BCUT2D eigenvalue weighted by Gasteiger charge is -2.12. The zero-order valence-corrected chi connectivity index (χ0v) is 8.21. The molecule has 1 amide bonds. The number of carbonyl (C=O) groups is 1. The Morgan fingerprint density at radius 1 is 1.31 bits per heavy atom. The van der Waals surface area contributed by atoms with Crippen LogP contribution in [-0.4, -0.2) is 17.6 Å². The van der Waals surface area contributed by atoms with Gasteiger partial charge in [0.25, 0.3) is 0 Å². The van der Waals surface area contributed by atoms with E-state index >= 15 is 0 Å². The fourth-order valence-corrected chi connectivity index (χ4v) is 1.15. The highest BCUT2D eigenvalue weighted by molar-refractivity contribution is 5.91. The number of benzene rings is 1. The van der Waals surface area contributed by atoms with Crippen molar-refractivity contribution in [1.29, 1.82) is 0 Å². The highest BCUT2D eigenvalue weighted by Crippen LogP contribution is 2.34. The maximum absolute atomic E-state index is 12.5. The summed E-state index contributed by atoms with van der Waals surface area (Å²) in [6, 6.07) is 4.68. The summed E-state index contributed by atoms with van der Waals surface area (Å²) in [5, 5.41) is 10.6. The average Bonchev–Trinajstić information content (AvgIpc) is 2.17. The van der Waals surface area contributed by atoms with Crippen molar-refractivity contribution in [2.24, 2.45) is 0 Å². The number of alkyl halides is 3. The van der Waals surface area contributed by atoms with Crippen LogP contribution in [0.2, 0.25) is 0 Å². The summed E-state index contributed by atoms with van der Waals surface area (Å²) in [5.41, 5.74) is -1.20. The Morgan fingerprint density at radius 2 is 1.94 bits per heavy atom. The lowest BCUT2D eigenvalue weighted by atomic mass is 10.1. The molecule has 1 aromatic carbocycles. The van der Waals surface area contributed by atoms with Crippen LogP contribution in [0.3, 0.4) is 0 Å². The molecule has 0 radical (unpaired) electrons. The second kappa shape index (κ2) is 4.98. The number of halogens is 3. The van der Waals surface area contributed by atoms with Crippen molar-refractivity contribution in [3.05, 3.63) is 29.8 Å². The third-order valence-corrected chi connectivity index (χ3v) is 1.85. The van der Waals surface area contributed by atoms with Gasteiger partial charge in [0.1, 0.15) is 0 Å². The van der Waals surface area contributed by atoms with Crippen molar-refractivity contribution in [2.45, 2.75) is 12.6 Å². The summed E-state index contributed by atoms with van der Waals surface area (Å²) in [5.74, 6) is -0.654. The van der Waals surface area contributed by atoms with Crippen LogP contribution in [0.15, 0.2) is 24.3 Å². The van der Waals surface area contributed by atoms with Gasteiger partial charge in [0.2, 0.25) is 5.91 Å². The van der Waals surface area contributed by atoms with Crippen molar-refractivity contribution in [3.63, 3.8) is 0 Å². The number of hydrogen-bond acceptors (Lipinski definition) is 2. The quantitative estimate of drug-likeness (QED) is 0.839. The molecule has 0 aromatic heterocycles. The van der Waals surface area contributed by atoms with Gasteiger partial charge in [-0.3, -0.25) is 4.79 Å². The molecule has 1 rings (SSSR count). The molecule has 0 atom stereocenters. The molecule has 16 heavy (non-hydrogen) atoms. The number of para-hydroxylation sites is 1. The maximum Gasteiger partial charge on any atom is 0.418 e. The molecule has 2 N–H and O–H groups in total. The van der Waals surface area contributed by atoms with Crippen LogP contribution in [-0.2, 0) is 11.0 Å². The van der Waals surface area contributed by atoms with Crippen LogP contribution in [0.5, 0.6) is 0 Å². The molecule has 0 heterocycles. The fraction of sp³-hybridized carbons (Fsp3) is 0.300. The van der Waals surface area contributed by atoms with Gasteiger partial charge in [-0.05, 0) is 12.1 Å². The first-order chi connectivity index (χ1) is 7.45. The molecule has 0 unspecified atom stereocenters. The summed E-state index contributed by atoms with van der Waals surface area (Å²) >= 11 is 0. The number of anilines is 1. The van der Waals surface area contributed by atoms with Crippen LogP contribution in [0.25, 0.3) is 0 Å². The zero-order chi connectivity index (χ0) is 12.2. The molecule has 88 valence electrons. The van der Waals surface area contributed by atoms with Crippen LogP contribution in [0, 0.1) is 0 Å². The molecule has 1 aromatic rings. The normalized spacial score (nSPS) is 11.2. The second-order valence-electron chi connectivity index (χ2n) is 3.07. The molecule has 0 aliphatic rings. The summed E-state index contributed by atoms with van der Waals surface area (Å²) in [7, 11) is 0. The maximum atomic E-state index is 12.5. The van der Waals surface area contributed by atoms with Gasteiger partial charge in [0, 0.05) is 0 Å². The number of aliphatic hydroxyl groups excluding tert-OH is 1. The van der Waals surface area contributed by atoms with E-state index < -0.39 is 24.3 Å². The van der Waals surface area contributed by atoms with Gasteiger partial charge >= 0.3 is 6.18 Å². The third-order valence-electron chi connectivity index (χ3n) is 1.85. The third kappa shape index (κ3) is 3.23. The molecule has 0 spiro atoms. The van der Waals surface area contributed by atoms with E-state index in [-0.39, 0.29) is 12.1 Å². The van der Waals surface area contributed by atoms with E-state index in [9.17, 15) is 18.0 Å². The van der Waals surface area contributed by atoms with Crippen LogP contribution < -0.4 is 5.32 Å². The predicted molar refractivity (Wildman–Crippen MR) is 51.8 cm³/mol. The molecule has 0 bridgehead atoms. The SMILES string of the molecule is O=C(CCO)Nc1ccccc1C(F)(F)F. The lowest BCUT2D eigenvalue weighted by molar-refractivity contribution is -0.137. The largest absolute Gasteiger partial charge is 0.418 e. The standard InChI is InChI=1S/C10H10F3NO2/c11-10(12,13)7-3-1-2-4-8(7)14-9(16)5-6-15/h1-4,15H,5-6H2,(H,14,16). The topological polar surface area (TPSA) is 49.3 Å². The van der Waals surface area contributed by atoms with Crippen molar-refractivity contribution in [2.75, 3.05) is 11.9 Å². The predicted octanol–water partition coefficient (Wildman–Crippen LogP) is 2.03. The van der Waals surface area contributed by atoms with Crippen molar-refractivity contribution in [1.82, 2.24) is 0 Å². The van der Waals surface area contributed by atoms with Gasteiger partial charge < -0.3 is 10.4 Å². The molecule has 0 fully saturated rings. The van der Waals surface area contributed by atoms with E-state index in [1.54, 1.807) is 0 Å². The van der Waals surface area contributed by atoms with Gasteiger partial charge in [-0.25, -0.2) is 0 Å². The van der Waals surface area contributed by atoms with Crippen LogP contribution in [0.4, 0.5) is 18.9 Å². The number of carbonyl (C=O) groups excluding carboxylic acids is 1. The fourth-order valence-electron chi connectivity index (χ4n) is 1.15. The van der Waals surface area contributed by atoms with E-state index in [0.717, 1.165) is 12.1 Å². The minimum Gasteiger partial charge on any atom is -0.396 e.